The van der Waals surface area contributed by atoms with Gasteiger partial charge in [0.25, 0.3) is 20.0 Å². The van der Waals surface area contributed by atoms with Crippen molar-refractivity contribution in [2.75, 3.05) is 26.2 Å². The van der Waals surface area contributed by atoms with E-state index < -0.39 is 60.8 Å². The Hall–Kier alpha value is -0.530. The lowest BCUT2D eigenvalue weighted by molar-refractivity contribution is -0.245. The van der Waals surface area contributed by atoms with E-state index in [-0.39, 0.29) is 21.5 Å². The minimum absolute atomic E-state index is 0.0243. The maximum atomic E-state index is 13.8. The molecule has 0 spiro atoms. The van der Waals surface area contributed by atoms with E-state index in [0.717, 1.165) is 0 Å². The largest absolute Gasteiger partial charge is 0.759 e. The van der Waals surface area contributed by atoms with Crippen LogP contribution in [-0.4, -0.2) is 72.5 Å². The minimum atomic E-state index is -6.99. The summed E-state index contributed by atoms with van der Waals surface area (Å²) >= 11 is -4.08. The summed E-state index contributed by atoms with van der Waals surface area (Å²) < 4.78 is 147. The summed E-state index contributed by atoms with van der Waals surface area (Å²) in [4.78, 5) is 0. The van der Waals surface area contributed by atoms with E-state index in [1.54, 1.807) is 0 Å². The Kier molecular flexibility index (Phi) is 6.20. The highest BCUT2D eigenvalue weighted by atomic mass is 32.3. The van der Waals surface area contributed by atoms with Crippen molar-refractivity contribution < 1.29 is 51.9 Å². The third kappa shape index (κ3) is 3.65. The van der Waals surface area contributed by atoms with Crippen molar-refractivity contribution in [3.63, 3.8) is 0 Å². The van der Waals surface area contributed by atoms with Gasteiger partial charge in [-0.15, -0.1) is 4.13 Å². The molecule has 0 aromatic carbocycles. The van der Waals surface area contributed by atoms with Gasteiger partial charge in [0.05, 0.1) is 0 Å². The molecule has 9 nitrogen and oxygen atoms in total. The molecule has 1 rings (SSSR count). The van der Waals surface area contributed by atoms with Crippen LogP contribution < -0.4 is 9.44 Å². The molecule has 1 fully saturated rings. The molecule has 1 heterocycles. The first-order valence-electron chi connectivity index (χ1n) is 5.97. The van der Waals surface area contributed by atoms with E-state index in [0.29, 0.717) is 0 Å². The molecule has 0 radical (unpaired) electrons. The zero-order valence-corrected chi connectivity index (χ0v) is 14.2. The molecule has 25 heavy (non-hydrogen) atoms. The molecule has 1 atom stereocenters. The number of rotatable bonds is 7. The second-order valence-electron chi connectivity index (χ2n) is 4.58. The smallest absolute Gasteiger partial charge is 0.428 e. The predicted molar refractivity (Wildman–Crippen MR) is 69.2 cm³/mol. The summed E-state index contributed by atoms with van der Waals surface area (Å²) in [5, 5.41) is -10.8. The highest BCUT2D eigenvalue weighted by molar-refractivity contribution is 8.00. The summed E-state index contributed by atoms with van der Waals surface area (Å²) in [7, 11) is -13.3. The van der Waals surface area contributed by atoms with Crippen LogP contribution >= 0.6 is 0 Å². The molecular weight excluding hydrogens is 432 g/mol. The van der Waals surface area contributed by atoms with Crippen molar-refractivity contribution in [3.05, 3.63) is 0 Å². The lowest BCUT2D eigenvalue weighted by Gasteiger charge is -2.35. The molecule has 0 bridgehead atoms. The van der Waals surface area contributed by atoms with Crippen LogP contribution in [0.25, 0.3) is 0 Å². The number of halogens is 6. The second kappa shape index (κ2) is 6.89. The number of nitrogens with one attached hydrogen (secondary N) is 2. The van der Waals surface area contributed by atoms with Crippen molar-refractivity contribution in [2.24, 2.45) is 0 Å². The number of alkyl halides is 6. The average Bonchev–Trinajstić information content (AvgIpc) is 2.46. The van der Waals surface area contributed by atoms with Crippen molar-refractivity contribution in [3.8, 4) is 0 Å². The standard InChI is InChI=1S/C7H11F6N3O6S3/c8-5(9,6(10,11)24(19,20)15-23(17)18)7(12,13)25(21,22)16-3-1-14-2-4-16/h14-15H,1-4H2,(H,17,18)/p-1. The molecular formula is C7H10F6N3O6S3-. The lowest BCUT2D eigenvalue weighted by Crippen LogP contribution is -2.65. The molecule has 0 aliphatic carbocycles. The van der Waals surface area contributed by atoms with Crippen molar-refractivity contribution in [2.45, 2.75) is 16.4 Å². The van der Waals surface area contributed by atoms with Crippen LogP contribution in [0.4, 0.5) is 26.3 Å². The summed E-state index contributed by atoms with van der Waals surface area (Å²) in [6.45, 7) is -2.00. The fraction of sp³-hybridized carbons (Fsp3) is 1.00. The fourth-order valence-corrected chi connectivity index (χ4v) is 4.79. The Morgan fingerprint density at radius 2 is 1.40 bits per heavy atom. The van der Waals surface area contributed by atoms with Crippen LogP contribution in [0.2, 0.25) is 0 Å². The quantitative estimate of drug-likeness (QED) is 0.372. The molecule has 1 aliphatic heterocycles. The van der Waals surface area contributed by atoms with E-state index in [9.17, 15) is 51.9 Å². The SMILES string of the molecule is O=S([O-])NS(=O)(=O)C(F)(F)C(F)(F)C(F)(F)S(=O)(=O)N1CCNCC1. The topological polar surface area (TPSA) is 136 Å². The van der Waals surface area contributed by atoms with Crippen LogP contribution in [0.1, 0.15) is 0 Å². The molecule has 0 amide bonds. The van der Waals surface area contributed by atoms with E-state index in [1.807, 2.05) is 0 Å². The summed E-state index contributed by atoms with van der Waals surface area (Å²) in [6.07, 6.45) is 0. The first kappa shape index (κ1) is 22.5. The first-order chi connectivity index (χ1) is 11.0. The van der Waals surface area contributed by atoms with E-state index in [1.165, 1.54) is 0 Å². The predicted octanol–water partition coefficient (Wildman–Crippen LogP) is -1.24. The van der Waals surface area contributed by atoms with Crippen LogP contribution in [0.3, 0.4) is 0 Å². The van der Waals surface area contributed by atoms with Crippen molar-refractivity contribution >= 4 is 31.3 Å². The average molecular weight is 442 g/mol. The molecule has 150 valence electrons. The van der Waals surface area contributed by atoms with Gasteiger partial charge in [-0.1, -0.05) is 0 Å². The highest BCUT2D eigenvalue weighted by Crippen LogP contribution is 2.51. The monoisotopic (exact) mass is 442 g/mol. The van der Waals surface area contributed by atoms with E-state index in [4.69, 9.17) is 0 Å². The third-order valence-electron chi connectivity index (χ3n) is 2.99. The Balaban J connectivity index is 3.40. The van der Waals surface area contributed by atoms with Gasteiger partial charge in [0.1, 0.15) is 0 Å². The Labute approximate surface area is 140 Å². The highest BCUT2D eigenvalue weighted by Gasteiger charge is 2.82. The van der Waals surface area contributed by atoms with Gasteiger partial charge in [-0.3, -0.25) is 4.21 Å². The van der Waals surface area contributed by atoms with Crippen LogP contribution in [0.5, 0.6) is 0 Å². The molecule has 18 heteroatoms. The summed E-state index contributed by atoms with van der Waals surface area (Å²) in [5.74, 6) is -6.99. The maximum Gasteiger partial charge on any atom is 0.428 e. The van der Waals surface area contributed by atoms with Gasteiger partial charge in [0.2, 0.25) is 0 Å². The molecule has 0 aromatic rings. The Morgan fingerprint density at radius 3 is 1.80 bits per heavy atom. The number of piperazine rings is 1. The second-order valence-corrected chi connectivity index (χ2v) is 9.22. The first-order valence-corrected chi connectivity index (χ1v) is 9.97. The fourth-order valence-electron chi connectivity index (χ4n) is 1.69. The van der Waals surface area contributed by atoms with E-state index in [2.05, 4.69) is 5.32 Å². The molecule has 0 saturated carbocycles. The maximum absolute atomic E-state index is 13.8. The molecule has 2 N–H and O–H groups in total. The van der Waals surface area contributed by atoms with Crippen LogP contribution in [-0.2, 0) is 31.3 Å². The van der Waals surface area contributed by atoms with Gasteiger partial charge < -0.3 is 9.87 Å². The molecule has 0 aromatic heterocycles. The van der Waals surface area contributed by atoms with Gasteiger partial charge in [0, 0.05) is 37.4 Å². The summed E-state index contributed by atoms with van der Waals surface area (Å²) in [6, 6.07) is 0. The molecule has 1 unspecified atom stereocenters. The number of nitrogens with zero attached hydrogens (tertiary/aromatic N) is 1. The van der Waals surface area contributed by atoms with E-state index >= 15 is 0 Å². The summed E-state index contributed by atoms with van der Waals surface area (Å²) in [5.41, 5.74) is 0. The van der Waals surface area contributed by atoms with Crippen molar-refractivity contribution in [1.29, 1.82) is 0 Å². The molecule has 1 saturated heterocycles. The van der Waals surface area contributed by atoms with Crippen LogP contribution in [0.15, 0.2) is 0 Å². The number of hydrogen-bond acceptors (Lipinski definition) is 7. The van der Waals surface area contributed by atoms with Crippen molar-refractivity contribution in [1.82, 2.24) is 13.7 Å². The number of hydrogen-bond donors (Lipinski definition) is 2. The van der Waals surface area contributed by atoms with Gasteiger partial charge in [-0.25, -0.2) is 16.8 Å². The third-order valence-corrected chi connectivity index (χ3v) is 7.29. The van der Waals surface area contributed by atoms with Gasteiger partial charge in [0.15, 0.2) is 0 Å². The van der Waals surface area contributed by atoms with Gasteiger partial charge >= 0.3 is 16.4 Å². The Morgan fingerprint density at radius 1 is 0.960 bits per heavy atom. The lowest BCUT2D eigenvalue weighted by atomic mass is 10.3. The normalized spacial score (nSPS) is 20.4. The van der Waals surface area contributed by atoms with Gasteiger partial charge in [-0.2, -0.15) is 30.6 Å². The molecule has 1 aliphatic rings. The zero-order chi connectivity index (χ0) is 19.9. The van der Waals surface area contributed by atoms with Crippen LogP contribution in [0, 0.1) is 0 Å². The minimum Gasteiger partial charge on any atom is -0.759 e. The van der Waals surface area contributed by atoms with Gasteiger partial charge in [-0.05, 0) is 0 Å². The Bertz CT molecular complexity index is 735. The number of sulfonamides is 2. The zero-order valence-electron chi connectivity index (χ0n) is 11.7.